The van der Waals surface area contributed by atoms with Gasteiger partial charge in [-0.15, -0.1) is 0 Å². The largest absolute Gasteiger partial charge is 0.350 e. The van der Waals surface area contributed by atoms with Gasteiger partial charge in [0.15, 0.2) is 5.82 Å². The fourth-order valence-electron chi connectivity index (χ4n) is 1.08. The first-order valence-electron chi connectivity index (χ1n) is 4.82. The Morgan fingerprint density at radius 1 is 1.56 bits per heavy atom. The molecule has 0 fully saturated rings. The van der Waals surface area contributed by atoms with Gasteiger partial charge in [0, 0.05) is 12.1 Å². The number of rotatable bonds is 3. The van der Waals surface area contributed by atoms with Gasteiger partial charge in [0.2, 0.25) is 0 Å². The van der Waals surface area contributed by atoms with Gasteiger partial charge >= 0.3 is 0 Å². The summed E-state index contributed by atoms with van der Waals surface area (Å²) in [4.78, 5) is 11.6. The van der Waals surface area contributed by atoms with Crippen LogP contribution in [0.25, 0.3) is 0 Å². The highest BCUT2D eigenvalue weighted by Crippen LogP contribution is 2.17. The van der Waals surface area contributed by atoms with Crippen molar-refractivity contribution >= 4 is 17.5 Å². The van der Waals surface area contributed by atoms with Crippen molar-refractivity contribution in [3.8, 4) is 0 Å². The summed E-state index contributed by atoms with van der Waals surface area (Å²) < 4.78 is 13.4. The average Bonchev–Trinajstić information content (AvgIpc) is 2.17. The highest BCUT2D eigenvalue weighted by molar-refractivity contribution is 6.31. The molecule has 88 valence electrons. The van der Waals surface area contributed by atoms with Crippen molar-refractivity contribution in [3.63, 3.8) is 0 Å². The van der Waals surface area contributed by atoms with Crippen LogP contribution in [0, 0.1) is 5.82 Å². The number of hydrogen-bond acceptors (Lipinski definition) is 2. The zero-order valence-electron chi connectivity index (χ0n) is 9.18. The van der Waals surface area contributed by atoms with Gasteiger partial charge in [0.05, 0.1) is 10.6 Å². The minimum atomic E-state index is -0.712. The van der Waals surface area contributed by atoms with Crippen LogP contribution in [0.1, 0.15) is 24.2 Å². The van der Waals surface area contributed by atoms with Crippen LogP contribution >= 0.6 is 11.6 Å². The summed E-state index contributed by atoms with van der Waals surface area (Å²) in [5.41, 5.74) is 5.09. The van der Waals surface area contributed by atoms with Crippen LogP contribution in [0.4, 0.5) is 4.39 Å². The zero-order valence-corrected chi connectivity index (χ0v) is 9.94. The molecule has 1 rings (SSSR count). The van der Waals surface area contributed by atoms with Crippen LogP contribution in [0.2, 0.25) is 5.02 Å². The second-order valence-corrected chi connectivity index (χ2v) is 4.68. The molecule has 0 bridgehead atoms. The third-order valence-corrected chi connectivity index (χ3v) is 2.19. The quantitative estimate of drug-likeness (QED) is 0.854. The molecule has 0 spiro atoms. The second-order valence-electron chi connectivity index (χ2n) is 4.27. The molecular weight excluding hydrogens is 231 g/mol. The smallest absolute Gasteiger partial charge is 0.254 e. The highest BCUT2D eigenvalue weighted by Gasteiger charge is 2.17. The molecule has 16 heavy (non-hydrogen) atoms. The number of amides is 1. The van der Waals surface area contributed by atoms with Crippen molar-refractivity contribution in [2.45, 2.75) is 19.4 Å². The summed E-state index contributed by atoms with van der Waals surface area (Å²) in [6.07, 6.45) is 0. The van der Waals surface area contributed by atoms with Gasteiger partial charge in [-0.05, 0) is 26.0 Å². The van der Waals surface area contributed by atoms with E-state index in [2.05, 4.69) is 5.32 Å². The molecule has 0 saturated carbocycles. The van der Waals surface area contributed by atoms with Gasteiger partial charge in [0.1, 0.15) is 0 Å². The summed E-state index contributed by atoms with van der Waals surface area (Å²) in [6, 6.07) is 4.29. The van der Waals surface area contributed by atoms with Crippen molar-refractivity contribution in [2.75, 3.05) is 6.54 Å². The van der Waals surface area contributed by atoms with Gasteiger partial charge in [-0.3, -0.25) is 4.79 Å². The van der Waals surface area contributed by atoms with Crippen LogP contribution < -0.4 is 11.1 Å². The molecule has 0 aromatic heterocycles. The minimum Gasteiger partial charge on any atom is -0.350 e. The molecule has 1 aromatic carbocycles. The second kappa shape index (κ2) is 4.80. The predicted molar refractivity (Wildman–Crippen MR) is 62.0 cm³/mol. The van der Waals surface area contributed by atoms with Gasteiger partial charge in [0.25, 0.3) is 5.91 Å². The SMILES string of the molecule is CC(C)(N)CNC(=O)c1cccc(Cl)c1F. The lowest BCUT2D eigenvalue weighted by Crippen LogP contribution is -2.45. The number of carbonyl (C=O) groups excluding carboxylic acids is 1. The first-order valence-corrected chi connectivity index (χ1v) is 5.20. The summed E-state index contributed by atoms with van der Waals surface area (Å²) in [5, 5.41) is 2.47. The Balaban J connectivity index is 2.78. The van der Waals surface area contributed by atoms with Crippen molar-refractivity contribution < 1.29 is 9.18 Å². The molecule has 0 radical (unpaired) electrons. The third kappa shape index (κ3) is 3.47. The van der Waals surface area contributed by atoms with Crippen molar-refractivity contribution in [3.05, 3.63) is 34.6 Å². The first kappa shape index (κ1) is 12.9. The third-order valence-electron chi connectivity index (χ3n) is 1.90. The monoisotopic (exact) mass is 244 g/mol. The maximum Gasteiger partial charge on any atom is 0.254 e. The van der Waals surface area contributed by atoms with E-state index in [0.717, 1.165) is 0 Å². The fourth-order valence-corrected chi connectivity index (χ4v) is 1.26. The van der Waals surface area contributed by atoms with Gasteiger partial charge < -0.3 is 11.1 Å². The number of benzene rings is 1. The molecule has 0 atom stereocenters. The van der Waals surface area contributed by atoms with E-state index < -0.39 is 17.3 Å². The maximum atomic E-state index is 13.4. The van der Waals surface area contributed by atoms with Crippen molar-refractivity contribution in [1.29, 1.82) is 0 Å². The van der Waals surface area contributed by atoms with Crippen LogP contribution in [-0.4, -0.2) is 18.0 Å². The van der Waals surface area contributed by atoms with Crippen LogP contribution in [0.3, 0.4) is 0 Å². The van der Waals surface area contributed by atoms with E-state index in [1.165, 1.54) is 18.2 Å². The molecule has 3 N–H and O–H groups in total. The van der Waals surface area contributed by atoms with Crippen LogP contribution in [-0.2, 0) is 0 Å². The summed E-state index contributed by atoms with van der Waals surface area (Å²) in [7, 11) is 0. The Labute approximate surface area is 98.8 Å². The lowest BCUT2D eigenvalue weighted by molar-refractivity contribution is 0.0942. The van der Waals surface area contributed by atoms with Crippen LogP contribution in [0.5, 0.6) is 0 Å². The molecular formula is C11H14ClFN2O. The molecule has 0 heterocycles. The maximum absolute atomic E-state index is 13.4. The standard InChI is InChI=1S/C11H14ClFN2O/c1-11(2,14)6-15-10(16)7-4-3-5-8(12)9(7)13/h3-5H,6,14H2,1-2H3,(H,15,16). The number of nitrogens with two attached hydrogens (primary N) is 1. The van der Waals surface area contributed by atoms with Crippen LogP contribution in [0.15, 0.2) is 18.2 Å². The van der Waals surface area contributed by atoms with E-state index in [1.54, 1.807) is 13.8 Å². The molecule has 1 amide bonds. The molecule has 0 aliphatic carbocycles. The molecule has 0 saturated heterocycles. The average molecular weight is 245 g/mol. The van der Waals surface area contributed by atoms with E-state index >= 15 is 0 Å². The van der Waals surface area contributed by atoms with E-state index in [9.17, 15) is 9.18 Å². The van der Waals surface area contributed by atoms with E-state index in [-0.39, 0.29) is 17.1 Å². The van der Waals surface area contributed by atoms with Gasteiger partial charge in [-0.2, -0.15) is 0 Å². The summed E-state index contributed by atoms with van der Waals surface area (Å²) >= 11 is 5.57. The topological polar surface area (TPSA) is 55.1 Å². The van der Waals surface area contributed by atoms with Crippen molar-refractivity contribution in [2.24, 2.45) is 5.73 Å². The molecule has 3 nitrogen and oxygen atoms in total. The number of hydrogen-bond donors (Lipinski definition) is 2. The summed E-state index contributed by atoms with van der Waals surface area (Å²) in [6.45, 7) is 3.79. The van der Waals surface area contributed by atoms with E-state index in [4.69, 9.17) is 17.3 Å². The number of carbonyl (C=O) groups is 1. The lowest BCUT2D eigenvalue weighted by Gasteiger charge is -2.19. The molecule has 0 aliphatic rings. The fraction of sp³-hybridized carbons (Fsp3) is 0.364. The molecule has 1 aromatic rings. The van der Waals surface area contributed by atoms with Gasteiger partial charge in [-0.25, -0.2) is 4.39 Å². The zero-order chi connectivity index (χ0) is 12.3. The highest BCUT2D eigenvalue weighted by atomic mass is 35.5. The Morgan fingerprint density at radius 3 is 2.75 bits per heavy atom. The normalized spacial score (nSPS) is 11.3. The lowest BCUT2D eigenvalue weighted by atomic mass is 10.1. The van der Waals surface area contributed by atoms with Gasteiger partial charge in [-0.1, -0.05) is 17.7 Å². The Bertz CT molecular complexity index is 401. The molecule has 5 heteroatoms. The molecule has 0 aliphatic heterocycles. The number of nitrogens with one attached hydrogen (secondary N) is 1. The van der Waals surface area contributed by atoms with Crippen molar-refractivity contribution in [1.82, 2.24) is 5.32 Å². The van der Waals surface area contributed by atoms with E-state index in [0.29, 0.717) is 0 Å². The Hall–Kier alpha value is -1.13. The predicted octanol–water partition coefficient (Wildman–Crippen LogP) is 1.95. The minimum absolute atomic E-state index is 0.0698. The summed E-state index contributed by atoms with van der Waals surface area (Å²) in [5.74, 6) is -1.23. The molecule has 0 unspecified atom stereocenters. The Morgan fingerprint density at radius 2 is 2.19 bits per heavy atom. The van der Waals surface area contributed by atoms with E-state index in [1.807, 2.05) is 0 Å². The number of halogens is 2. The Kier molecular flexibility index (Phi) is 3.88. The first-order chi connectivity index (χ1) is 7.31.